The molecular formula is C18H23FN2. The van der Waals surface area contributed by atoms with Crippen LogP contribution < -0.4 is 10.6 Å². The van der Waals surface area contributed by atoms with E-state index in [2.05, 4.69) is 36.9 Å². The molecule has 0 aliphatic rings. The summed E-state index contributed by atoms with van der Waals surface area (Å²) in [4.78, 5) is 2.18. The average molecular weight is 286 g/mol. The molecule has 21 heavy (non-hydrogen) atoms. The maximum atomic E-state index is 13.9. The summed E-state index contributed by atoms with van der Waals surface area (Å²) in [5, 5.41) is 0. The third kappa shape index (κ3) is 3.24. The number of anilines is 2. The standard InChI is InChI=1S/C18H23FN2/c1-5-21(15-8-6-7-12(2)9-15)18-10-13(3)17(19)11-16(18)14(4)20/h6-11,14H,5,20H2,1-4H3/t14-/m1/s1. The predicted molar refractivity (Wildman–Crippen MR) is 87.6 cm³/mol. The Morgan fingerprint density at radius 2 is 1.90 bits per heavy atom. The van der Waals surface area contributed by atoms with E-state index in [4.69, 9.17) is 5.73 Å². The molecule has 0 spiro atoms. The Labute approximate surface area is 126 Å². The van der Waals surface area contributed by atoms with E-state index in [1.165, 1.54) is 5.56 Å². The molecule has 2 N–H and O–H groups in total. The van der Waals surface area contributed by atoms with Crippen molar-refractivity contribution < 1.29 is 4.39 Å². The summed E-state index contributed by atoms with van der Waals surface area (Å²) in [6, 6.07) is 11.5. The molecule has 2 aromatic carbocycles. The van der Waals surface area contributed by atoms with Gasteiger partial charge in [0.2, 0.25) is 0 Å². The Morgan fingerprint density at radius 3 is 2.48 bits per heavy atom. The zero-order valence-electron chi connectivity index (χ0n) is 13.2. The SMILES string of the molecule is CCN(c1cccc(C)c1)c1cc(C)c(F)cc1[C@@H](C)N. The van der Waals surface area contributed by atoms with E-state index in [0.717, 1.165) is 23.5 Å². The summed E-state index contributed by atoms with van der Waals surface area (Å²) in [5.74, 6) is -0.202. The molecule has 0 unspecified atom stereocenters. The van der Waals surface area contributed by atoms with Gasteiger partial charge in [0, 0.05) is 24.0 Å². The molecule has 0 saturated carbocycles. The van der Waals surface area contributed by atoms with Crippen molar-refractivity contribution in [3.05, 3.63) is 58.9 Å². The quantitative estimate of drug-likeness (QED) is 0.888. The van der Waals surface area contributed by atoms with Crippen molar-refractivity contribution in [3.8, 4) is 0 Å². The van der Waals surface area contributed by atoms with E-state index in [1.807, 2.05) is 19.1 Å². The van der Waals surface area contributed by atoms with Crippen LogP contribution in [0.2, 0.25) is 0 Å². The second-order valence-electron chi connectivity index (χ2n) is 5.53. The van der Waals surface area contributed by atoms with Crippen LogP contribution in [-0.2, 0) is 0 Å². The fourth-order valence-electron chi connectivity index (χ4n) is 2.57. The summed E-state index contributed by atoms with van der Waals surface area (Å²) in [6.45, 7) is 8.63. The second kappa shape index (κ2) is 6.27. The van der Waals surface area contributed by atoms with Crippen LogP contribution in [0.1, 0.15) is 36.6 Å². The van der Waals surface area contributed by atoms with Crippen LogP contribution in [-0.4, -0.2) is 6.54 Å². The number of benzene rings is 2. The number of halogens is 1. The fourth-order valence-corrected chi connectivity index (χ4v) is 2.57. The van der Waals surface area contributed by atoms with Crippen molar-refractivity contribution in [1.82, 2.24) is 0 Å². The summed E-state index contributed by atoms with van der Waals surface area (Å²) in [6.07, 6.45) is 0. The third-order valence-corrected chi connectivity index (χ3v) is 3.72. The maximum Gasteiger partial charge on any atom is 0.126 e. The first-order chi connectivity index (χ1) is 9.93. The van der Waals surface area contributed by atoms with Crippen molar-refractivity contribution in [2.24, 2.45) is 5.73 Å². The molecule has 3 heteroatoms. The minimum absolute atomic E-state index is 0.202. The van der Waals surface area contributed by atoms with E-state index < -0.39 is 0 Å². The molecule has 2 rings (SSSR count). The van der Waals surface area contributed by atoms with E-state index in [-0.39, 0.29) is 11.9 Å². The molecule has 112 valence electrons. The molecule has 0 radical (unpaired) electrons. The molecule has 0 bridgehead atoms. The normalized spacial score (nSPS) is 12.3. The van der Waals surface area contributed by atoms with Gasteiger partial charge in [-0.1, -0.05) is 12.1 Å². The van der Waals surface area contributed by atoms with E-state index in [0.29, 0.717) is 5.56 Å². The molecule has 0 amide bonds. The summed E-state index contributed by atoms with van der Waals surface area (Å²) < 4.78 is 13.9. The number of aryl methyl sites for hydroxylation is 2. The molecule has 1 atom stereocenters. The lowest BCUT2D eigenvalue weighted by Crippen LogP contribution is -2.20. The van der Waals surface area contributed by atoms with Crippen LogP contribution in [0.5, 0.6) is 0 Å². The Kier molecular flexibility index (Phi) is 4.63. The summed E-state index contributed by atoms with van der Waals surface area (Å²) in [5.41, 5.74) is 10.8. The van der Waals surface area contributed by atoms with Gasteiger partial charge in [-0.05, 0) is 68.7 Å². The number of hydrogen-bond acceptors (Lipinski definition) is 2. The molecule has 0 fully saturated rings. The first-order valence-corrected chi connectivity index (χ1v) is 7.33. The van der Waals surface area contributed by atoms with Crippen LogP contribution in [0, 0.1) is 19.7 Å². The highest BCUT2D eigenvalue weighted by Gasteiger charge is 2.17. The summed E-state index contributed by atoms with van der Waals surface area (Å²) in [7, 11) is 0. The van der Waals surface area contributed by atoms with E-state index >= 15 is 0 Å². The van der Waals surface area contributed by atoms with Crippen LogP contribution >= 0.6 is 0 Å². The second-order valence-corrected chi connectivity index (χ2v) is 5.53. The molecular weight excluding hydrogens is 263 g/mol. The third-order valence-electron chi connectivity index (χ3n) is 3.72. The lowest BCUT2D eigenvalue weighted by atomic mass is 10.0. The fraction of sp³-hybridized carbons (Fsp3) is 0.333. The number of nitrogens with two attached hydrogens (primary N) is 1. The topological polar surface area (TPSA) is 29.3 Å². The highest BCUT2D eigenvalue weighted by Crippen LogP contribution is 2.33. The van der Waals surface area contributed by atoms with Crippen molar-refractivity contribution in [3.63, 3.8) is 0 Å². The van der Waals surface area contributed by atoms with Crippen LogP contribution in [0.15, 0.2) is 36.4 Å². The van der Waals surface area contributed by atoms with E-state index in [9.17, 15) is 4.39 Å². The molecule has 0 heterocycles. The Balaban J connectivity index is 2.59. The van der Waals surface area contributed by atoms with Gasteiger partial charge in [-0.2, -0.15) is 0 Å². The van der Waals surface area contributed by atoms with Crippen LogP contribution in [0.4, 0.5) is 15.8 Å². The molecule has 0 saturated heterocycles. The van der Waals surface area contributed by atoms with Gasteiger partial charge in [-0.15, -0.1) is 0 Å². The highest BCUT2D eigenvalue weighted by atomic mass is 19.1. The average Bonchev–Trinajstić information content (AvgIpc) is 2.43. The van der Waals surface area contributed by atoms with Gasteiger partial charge >= 0.3 is 0 Å². The Hall–Kier alpha value is -1.87. The van der Waals surface area contributed by atoms with Gasteiger partial charge in [-0.25, -0.2) is 4.39 Å². The number of hydrogen-bond donors (Lipinski definition) is 1. The highest BCUT2D eigenvalue weighted by molar-refractivity contribution is 5.68. The lowest BCUT2D eigenvalue weighted by Gasteiger charge is -2.28. The van der Waals surface area contributed by atoms with Crippen molar-refractivity contribution in [1.29, 1.82) is 0 Å². The molecule has 0 aliphatic carbocycles. The van der Waals surface area contributed by atoms with E-state index in [1.54, 1.807) is 13.0 Å². The number of rotatable bonds is 4. The van der Waals surface area contributed by atoms with Crippen LogP contribution in [0.25, 0.3) is 0 Å². The minimum atomic E-state index is -0.214. The first-order valence-electron chi connectivity index (χ1n) is 7.33. The molecule has 0 aliphatic heterocycles. The number of nitrogens with zero attached hydrogens (tertiary/aromatic N) is 1. The first kappa shape index (κ1) is 15.5. The Bertz CT molecular complexity index is 635. The van der Waals surface area contributed by atoms with Gasteiger partial charge in [0.05, 0.1) is 0 Å². The van der Waals surface area contributed by atoms with Crippen molar-refractivity contribution in [2.75, 3.05) is 11.4 Å². The summed E-state index contributed by atoms with van der Waals surface area (Å²) >= 11 is 0. The van der Waals surface area contributed by atoms with Gasteiger partial charge in [0.25, 0.3) is 0 Å². The van der Waals surface area contributed by atoms with Gasteiger partial charge < -0.3 is 10.6 Å². The lowest BCUT2D eigenvalue weighted by molar-refractivity contribution is 0.613. The molecule has 0 aromatic heterocycles. The maximum absolute atomic E-state index is 13.9. The van der Waals surface area contributed by atoms with Crippen molar-refractivity contribution >= 4 is 11.4 Å². The van der Waals surface area contributed by atoms with Crippen LogP contribution in [0.3, 0.4) is 0 Å². The van der Waals surface area contributed by atoms with Gasteiger partial charge in [0.1, 0.15) is 5.82 Å². The molecule has 2 aromatic rings. The zero-order valence-corrected chi connectivity index (χ0v) is 13.2. The monoisotopic (exact) mass is 286 g/mol. The van der Waals surface area contributed by atoms with Gasteiger partial charge in [0.15, 0.2) is 0 Å². The largest absolute Gasteiger partial charge is 0.341 e. The predicted octanol–water partition coefficient (Wildman–Crippen LogP) is 4.62. The minimum Gasteiger partial charge on any atom is -0.341 e. The smallest absolute Gasteiger partial charge is 0.126 e. The zero-order chi connectivity index (χ0) is 15.6. The van der Waals surface area contributed by atoms with Gasteiger partial charge in [-0.3, -0.25) is 0 Å². The molecule has 2 nitrogen and oxygen atoms in total. The van der Waals surface area contributed by atoms with Crippen molar-refractivity contribution in [2.45, 2.75) is 33.7 Å². The Morgan fingerprint density at radius 1 is 1.19 bits per heavy atom.